The van der Waals surface area contributed by atoms with E-state index in [9.17, 15) is 31.1 Å². The molecule has 0 N–H and O–H groups in total. The van der Waals surface area contributed by atoms with E-state index in [4.69, 9.17) is 0 Å². The van der Waals surface area contributed by atoms with Crippen LogP contribution in [0.1, 0.15) is 11.3 Å². The normalized spacial score (nSPS) is 15.2. The Balaban J connectivity index is 1.41. The summed E-state index contributed by atoms with van der Waals surface area (Å²) in [5, 5.41) is 3.38. The van der Waals surface area contributed by atoms with E-state index in [0.29, 0.717) is 31.9 Å². The molecule has 4 rings (SSSR count). The SMILES string of the molecule is O=c1nc(N2CCN(c3cccc(C(F)(F)F)c3)CC2)ncn1Cn1ccc(C(F)(F)F)n1. The van der Waals surface area contributed by atoms with E-state index in [2.05, 4.69) is 15.1 Å². The molecule has 0 bridgehead atoms. The monoisotopic (exact) mass is 473 g/mol. The van der Waals surface area contributed by atoms with Crippen LogP contribution < -0.4 is 15.5 Å². The van der Waals surface area contributed by atoms with E-state index in [-0.39, 0.29) is 12.6 Å². The lowest BCUT2D eigenvalue weighted by molar-refractivity contribution is -0.141. The minimum Gasteiger partial charge on any atom is -0.368 e. The molecule has 3 heterocycles. The van der Waals surface area contributed by atoms with Gasteiger partial charge in [-0.25, -0.2) is 9.78 Å². The van der Waals surface area contributed by atoms with Crippen molar-refractivity contribution in [2.75, 3.05) is 36.0 Å². The third-order valence-electron chi connectivity index (χ3n) is 5.08. The predicted molar refractivity (Wildman–Crippen MR) is 105 cm³/mol. The maximum Gasteiger partial charge on any atom is 0.435 e. The van der Waals surface area contributed by atoms with Gasteiger partial charge in [0.1, 0.15) is 13.0 Å². The number of benzene rings is 1. The largest absolute Gasteiger partial charge is 0.435 e. The fourth-order valence-electron chi connectivity index (χ4n) is 3.39. The molecule has 2 aromatic heterocycles. The lowest BCUT2D eigenvalue weighted by Gasteiger charge is -2.36. The van der Waals surface area contributed by atoms with Gasteiger partial charge in [-0.2, -0.15) is 36.4 Å². The van der Waals surface area contributed by atoms with E-state index >= 15 is 0 Å². The second kappa shape index (κ2) is 8.41. The molecule has 0 unspecified atom stereocenters. The Morgan fingerprint density at radius 3 is 2.21 bits per heavy atom. The standard InChI is InChI=1S/C19H17F6N7O/c20-18(21,22)13-2-1-3-14(10-13)29-6-8-30(9-7-29)16-26-11-31(17(33)27-16)12-32-5-4-15(28-32)19(23,24)25/h1-5,10-11H,6-9,12H2. The number of halogens is 6. The van der Waals surface area contributed by atoms with Gasteiger partial charge in [-0.15, -0.1) is 0 Å². The molecule has 1 aliphatic rings. The molecule has 33 heavy (non-hydrogen) atoms. The summed E-state index contributed by atoms with van der Waals surface area (Å²) in [7, 11) is 0. The van der Waals surface area contributed by atoms with Crippen LogP contribution in [0.3, 0.4) is 0 Å². The maximum atomic E-state index is 12.9. The first-order valence-corrected chi connectivity index (χ1v) is 9.72. The van der Waals surface area contributed by atoms with Gasteiger partial charge in [0.2, 0.25) is 5.95 Å². The topological polar surface area (TPSA) is 72.1 Å². The Kier molecular flexibility index (Phi) is 5.76. The minimum atomic E-state index is -4.59. The summed E-state index contributed by atoms with van der Waals surface area (Å²) in [5.74, 6) is 0.136. The van der Waals surface area contributed by atoms with E-state index in [1.165, 1.54) is 12.4 Å². The molecule has 0 spiro atoms. The summed E-state index contributed by atoms with van der Waals surface area (Å²) in [6.07, 6.45) is -6.76. The zero-order valence-corrected chi connectivity index (χ0v) is 16.9. The first-order chi connectivity index (χ1) is 15.5. The van der Waals surface area contributed by atoms with Crippen LogP contribution in [0.4, 0.5) is 38.0 Å². The highest BCUT2D eigenvalue weighted by molar-refractivity contribution is 5.51. The van der Waals surface area contributed by atoms with Crippen LogP contribution in [0.25, 0.3) is 0 Å². The van der Waals surface area contributed by atoms with Crippen LogP contribution in [0, 0.1) is 0 Å². The maximum absolute atomic E-state index is 12.9. The first-order valence-electron chi connectivity index (χ1n) is 9.72. The van der Waals surface area contributed by atoms with E-state index in [1.54, 1.807) is 15.9 Å². The zero-order chi connectivity index (χ0) is 23.8. The van der Waals surface area contributed by atoms with Gasteiger partial charge in [-0.3, -0.25) is 9.25 Å². The number of hydrogen-bond acceptors (Lipinski definition) is 6. The highest BCUT2D eigenvalue weighted by atomic mass is 19.4. The number of aromatic nitrogens is 5. The highest BCUT2D eigenvalue weighted by Gasteiger charge is 2.33. The summed E-state index contributed by atoms with van der Waals surface area (Å²) in [4.78, 5) is 23.8. The molecule has 3 aromatic rings. The van der Waals surface area contributed by atoms with Crippen molar-refractivity contribution < 1.29 is 26.3 Å². The summed E-state index contributed by atoms with van der Waals surface area (Å²) < 4.78 is 78.8. The van der Waals surface area contributed by atoms with Crippen molar-refractivity contribution in [1.82, 2.24) is 24.3 Å². The fraction of sp³-hybridized carbons (Fsp3) is 0.368. The van der Waals surface area contributed by atoms with Gasteiger partial charge in [0, 0.05) is 38.1 Å². The quantitative estimate of drug-likeness (QED) is 0.543. The molecule has 0 atom stereocenters. The number of alkyl halides is 6. The zero-order valence-electron chi connectivity index (χ0n) is 16.9. The Bertz CT molecular complexity index is 1180. The Morgan fingerprint density at radius 1 is 0.909 bits per heavy atom. The average Bonchev–Trinajstić information content (AvgIpc) is 3.24. The molecular formula is C19H17F6N7O. The van der Waals surface area contributed by atoms with Crippen LogP contribution in [-0.2, 0) is 19.0 Å². The lowest BCUT2D eigenvalue weighted by atomic mass is 10.1. The smallest absolute Gasteiger partial charge is 0.368 e. The first kappa shape index (κ1) is 22.6. The van der Waals surface area contributed by atoms with E-state index < -0.39 is 29.3 Å². The van der Waals surface area contributed by atoms with Crippen molar-refractivity contribution in [2.45, 2.75) is 19.0 Å². The Hall–Kier alpha value is -3.58. The predicted octanol–water partition coefficient (Wildman–Crippen LogP) is 2.70. The van der Waals surface area contributed by atoms with Gasteiger partial charge in [0.15, 0.2) is 5.69 Å². The summed E-state index contributed by atoms with van der Waals surface area (Å²) in [6.45, 7) is 1.22. The van der Waals surface area contributed by atoms with Gasteiger partial charge < -0.3 is 9.80 Å². The third kappa shape index (κ3) is 5.09. The number of piperazine rings is 1. The van der Waals surface area contributed by atoms with Gasteiger partial charge in [0.05, 0.1) is 5.56 Å². The fourth-order valence-corrected chi connectivity index (χ4v) is 3.39. The summed E-state index contributed by atoms with van der Waals surface area (Å²) in [5.41, 5.74) is -2.08. The molecule has 1 aromatic carbocycles. The van der Waals surface area contributed by atoms with Crippen molar-refractivity contribution in [1.29, 1.82) is 0 Å². The Labute approximate surface area is 182 Å². The van der Waals surface area contributed by atoms with Crippen LogP contribution in [0.2, 0.25) is 0 Å². The summed E-state index contributed by atoms with van der Waals surface area (Å²) in [6, 6.07) is 5.85. The van der Waals surface area contributed by atoms with Crippen LogP contribution >= 0.6 is 0 Å². The lowest BCUT2D eigenvalue weighted by Crippen LogP contribution is -2.47. The Morgan fingerprint density at radius 2 is 1.61 bits per heavy atom. The molecule has 8 nitrogen and oxygen atoms in total. The number of nitrogens with zero attached hydrogens (tertiary/aromatic N) is 7. The molecular weight excluding hydrogens is 456 g/mol. The van der Waals surface area contributed by atoms with Crippen LogP contribution in [0.15, 0.2) is 47.7 Å². The van der Waals surface area contributed by atoms with E-state index in [0.717, 1.165) is 33.6 Å². The molecule has 1 fully saturated rings. The highest BCUT2D eigenvalue weighted by Crippen LogP contribution is 2.32. The molecule has 1 saturated heterocycles. The second-order valence-corrected chi connectivity index (χ2v) is 7.31. The number of anilines is 2. The molecule has 0 saturated carbocycles. The second-order valence-electron chi connectivity index (χ2n) is 7.31. The third-order valence-corrected chi connectivity index (χ3v) is 5.08. The average molecular weight is 473 g/mol. The van der Waals surface area contributed by atoms with Gasteiger partial charge in [0.25, 0.3) is 0 Å². The van der Waals surface area contributed by atoms with Crippen LogP contribution in [0.5, 0.6) is 0 Å². The molecule has 14 heteroatoms. The van der Waals surface area contributed by atoms with Crippen molar-refractivity contribution in [3.63, 3.8) is 0 Å². The van der Waals surface area contributed by atoms with Crippen molar-refractivity contribution in [2.24, 2.45) is 0 Å². The van der Waals surface area contributed by atoms with E-state index in [1.807, 2.05) is 0 Å². The van der Waals surface area contributed by atoms with Gasteiger partial charge in [-0.05, 0) is 24.3 Å². The molecule has 0 aliphatic carbocycles. The van der Waals surface area contributed by atoms with Crippen LogP contribution in [-0.4, -0.2) is 50.5 Å². The van der Waals surface area contributed by atoms with Crippen molar-refractivity contribution in [3.8, 4) is 0 Å². The molecule has 176 valence electrons. The summed E-state index contributed by atoms with van der Waals surface area (Å²) >= 11 is 0. The van der Waals surface area contributed by atoms with Crippen molar-refractivity contribution in [3.05, 3.63) is 64.6 Å². The minimum absolute atomic E-state index is 0.136. The number of rotatable bonds is 4. The molecule has 0 amide bonds. The molecule has 0 radical (unpaired) electrons. The molecule has 1 aliphatic heterocycles. The number of hydrogen-bond donors (Lipinski definition) is 0. The van der Waals surface area contributed by atoms with Gasteiger partial charge in [-0.1, -0.05) is 6.07 Å². The van der Waals surface area contributed by atoms with Crippen molar-refractivity contribution >= 4 is 11.6 Å². The van der Waals surface area contributed by atoms with Gasteiger partial charge >= 0.3 is 18.0 Å².